The monoisotopic (exact) mass is 473 g/mol. The number of piperazine rings is 1. The molecule has 0 saturated carbocycles. The summed E-state index contributed by atoms with van der Waals surface area (Å²) in [7, 11) is 0. The van der Waals surface area contributed by atoms with E-state index in [0.29, 0.717) is 38.4 Å². The molecular weight excluding hydrogens is 453 g/mol. The third-order valence-electron chi connectivity index (χ3n) is 5.32. The number of rotatable bonds is 7. The Morgan fingerprint density at radius 1 is 1.12 bits per heavy atom. The maximum atomic E-state index is 13.1. The van der Waals surface area contributed by atoms with E-state index in [4.69, 9.17) is 16.3 Å². The fourth-order valence-corrected chi connectivity index (χ4v) is 3.75. The number of hydrogen-bond donors (Lipinski definition) is 0. The molecule has 0 radical (unpaired) electrons. The summed E-state index contributed by atoms with van der Waals surface area (Å²) in [4.78, 5) is 27.0. The Hall–Kier alpha value is -3.50. The second-order valence-corrected chi connectivity index (χ2v) is 7.99. The van der Waals surface area contributed by atoms with Crippen molar-refractivity contribution < 1.29 is 18.8 Å². The van der Waals surface area contributed by atoms with Gasteiger partial charge in [0.05, 0.1) is 9.95 Å². The largest absolute Gasteiger partial charge is 0.470 e. The van der Waals surface area contributed by atoms with Crippen molar-refractivity contribution in [3.05, 3.63) is 86.9 Å². The van der Waals surface area contributed by atoms with Gasteiger partial charge in [0.15, 0.2) is 12.4 Å². The van der Waals surface area contributed by atoms with Crippen LogP contribution in [0, 0.1) is 15.9 Å². The van der Waals surface area contributed by atoms with Gasteiger partial charge in [-0.1, -0.05) is 23.7 Å². The van der Waals surface area contributed by atoms with Gasteiger partial charge >= 0.3 is 0 Å². The summed E-state index contributed by atoms with van der Waals surface area (Å²) in [6, 6.07) is 12.0. The van der Waals surface area contributed by atoms with Gasteiger partial charge in [0, 0.05) is 51.1 Å². The summed E-state index contributed by atoms with van der Waals surface area (Å²) in [6.45, 7) is 3.27. The highest BCUT2D eigenvalue weighted by Crippen LogP contribution is 2.28. The van der Waals surface area contributed by atoms with Gasteiger partial charge in [0.1, 0.15) is 11.6 Å². The van der Waals surface area contributed by atoms with Crippen LogP contribution in [0.25, 0.3) is 0 Å². The Labute approximate surface area is 194 Å². The fourth-order valence-electron chi connectivity index (χ4n) is 3.52. The third kappa shape index (κ3) is 5.65. The van der Waals surface area contributed by atoms with E-state index in [9.17, 15) is 19.3 Å². The summed E-state index contributed by atoms with van der Waals surface area (Å²) in [5, 5.41) is 15.2. The minimum atomic E-state index is -0.538. The summed E-state index contributed by atoms with van der Waals surface area (Å²) in [5.41, 5.74) is 1.21. The van der Waals surface area contributed by atoms with Crippen molar-refractivity contribution in [1.29, 1.82) is 0 Å². The third-order valence-corrected chi connectivity index (χ3v) is 5.61. The van der Waals surface area contributed by atoms with Crippen molar-refractivity contribution in [2.45, 2.75) is 13.3 Å². The lowest BCUT2D eigenvalue weighted by atomic mass is 10.2. The highest BCUT2D eigenvalue weighted by atomic mass is 35.5. The maximum Gasteiger partial charge on any atom is 0.274 e. The van der Waals surface area contributed by atoms with Crippen LogP contribution >= 0.6 is 11.6 Å². The molecule has 0 aliphatic carbocycles. The molecule has 11 heteroatoms. The molecular formula is C22H21ClFN5O4. The molecule has 1 amide bonds. The minimum Gasteiger partial charge on any atom is -0.470 e. The fraction of sp³-hybridized carbons (Fsp3) is 0.273. The van der Waals surface area contributed by atoms with Gasteiger partial charge in [0.25, 0.3) is 11.6 Å². The Bertz CT molecular complexity index is 1150. The number of benzene rings is 2. The predicted octanol–water partition coefficient (Wildman–Crippen LogP) is 3.58. The molecule has 3 aromatic rings. The Morgan fingerprint density at radius 3 is 2.52 bits per heavy atom. The molecule has 172 valence electrons. The van der Waals surface area contributed by atoms with Crippen molar-refractivity contribution in [1.82, 2.24) is 19.6 Å². The van der Waals surface area contributed by atoms with E-state index in [1.165, 1.54) is 35.0 Å². The average molecular weight is 474 g/mol. The zero-order chi connectivity index (χ0) is 23.4. The lowest BCUT2D eigenvalue weighted by molar-refractivity contribution is -0.384. The van der Waals surface area contributed by atoms with E-state index in [0.717, 1.165) is 5.56 Å². The number of hydrogen-bond acceptors (Lipinski definition) is 6. The summed E-state index contributed by atoms with van der Waals surface area (Å²) in [5.74, 6) is -0.138. The summed E-state index contributed by atoms with van der Waals surface area (Å²) in [6.07, 6.45) is 1.62. The van der Waals surface area contributed by atoms with Crippen LogP contribution < -0.4 is 4.74 Å². The predicted molar refractivity (Wildman–Crippen MR) is 119 cm³/mol. The second-order valence-electron chi connectivity index (χ2n) is 7.58. The molecule has 33 heavy (non-hydrogen) atoms. The molecule has 9 nitrogen and oxygen atoms in total. The molecule has 2 aromatic carbocycles. The molecule has 1 aliphatic rings. The molecule has 4 rings (SSSR count). The number of aromatic nitrogens is 2. The molecule has 0 bridgehead atoms. The number of amides is 1. The first kappa shape index (κ1) is 22.7. The van der Waals surface area contributed by atoms with Gasteiger partial charge in [-0.05, 0) is 29.8 Å². The summed E-state index contributed by atoms with van der Waals surface area (Å²) < 4.78 is 20.1. The van der Waals surface area contributed by atoms with Gasteiger partial charge in [-0.2, -0.15) is 5.10 Å². The van der Waals surface area contributed by atoms with Crippen molar-refractivity contribution in [3.8, 4) is 5.75 Å². The second kappa shape index (κ2) is 9.97. The highest BCUT2D eigenvalue weighted by molar-refractivity contribution is 6.32. The zero-order valence-electron chi connectivity index (χ0n) is 17.6. The van der Waals surface area contributed by atoms with Crippen molar-refractivity contribution >= 4 is 23.2 Å². The van der Waals surface area contributed by atoms with Crippen molar-refractivity contribution in [2.24, 2.45) is 0 Å². The highest BCUT2D eigenvalue weighted by Gasteiger charge is 2.24. The van der Waals surface area contributed by atoms with Gasteiger partial charge in [-0.3, -0.25) is 19.8 Å². The van der Waals surface area contributed by atoms with Gasteiger partial charge < -0.3 is 9.64 Å². The quantitative estimate of drug-likeness (QED) is 0.384. The standard InChI is InChI=1S/C22H21ClFN5O4/c23-19-13-18(29(31)32)5-6-21(19)33-15-28-8-7-20(25-28)22(30)27-11-9-26(10-12-27)14-16-1-3-17(24)4-2-16/h1-8,13H,9-12,14-15H2. The maximum absolute atomic E-state index is 13.1. The molecule has 1 aromatic heterocycles. The topological polar surface area (TPSA) is 93.7 Å². The first-order chi connectivity index (χ1) is 15.9. The number of nitro benzene ring substituents is 1. The zero-order valence-corrected chi connectivity index (χ0v) is 18.3. The van der Waals surface area contributed by atoms with E-state index in [-0.39, 0.29) is 34.9 Å². The molecule has 1 aliphatic heterocycles. The number of nitrogens with zero attached hydrogens (tertiary/aromatic N) is 5. The molecule has 1 saturated heterocycles. The van der Waals surface area contributed by atoms with Crippen LogP contribution in [-0.4, -0.2) is 56.6 Å². The first-order valence-electron chi connectivity index (χ1n) is 10.3. The van der Waals surface area contributed by atoms with E-state index >= 15 is 0 Å². The smallest absolute Gasteiger partial charge is 0.274 e. The van der Waals surface area contributed by atoms with Crippen LogP contribution in [-0.2, 0) is 13.3 Å². The van der Waals surface area contributed by atoms with Crippen molar-refractivity contribution in [3.63, 3.8) is 0 Å². The Balaban J connectivity index is 1.28. The number of nitro groups is 1. The van der Waals surface area contributed by atoms with Crippen LogP contribution in [0.3, 0.4) is 0 Å². The Kier molecular flexibility index (Phi) is 6.85. The van der Waals surface area contributed by atoms with Gasteiger partial charge in [-0.25, -0.2) is 9.07 Å². The average Bonchev–Trinajstić information content (AvgIpc) is 3.29. The van der Waals surface area contributed by atoms with Gasteiger partial charge in [-0.15, -0.1) is 0 Å². The summed E-state index contributed by atoms with van der Waals surface area (Å²) >= 11 is 6.03. The number of carbonyl (C=O) groups is 1. The number of non-ortho nitro benzene ring substituents is 1. The first-order valence-corrected chi connectivity index (χ1v) is 10.6. The normalized spacial score (nSPS) is 14.3. The van der Waals surface area contributed by atoms with Crippen LogP contribution in [0.4, 0.5) is 10.1 Å². The molecule has 0 N–H and O–H groups in total. The van der Waals surface area contributed by atoms with Crippen LogP contribution in [0.2, 0.25) is 5.02 Å². The van der Waals surface area contributed by atoms with Gasteiger partial charge in [0.2, 0.25) is 0 Å². The number of ether oxygens (including phenoxy) is 1. The molecule has 1 fully saturated rings. The van der Waals surface area contributed by atoms with E-state index in [1.807, 2.05) is 0 Å². The Morgan fingerprint density at radius 2 is 1.85 bits per heavy atom. The lowest BCUT2D eigenvalue weighted by Crippen LogP contribution is -2.48. The van der Waals surface area contributed by atoms with Crippen LogP contribution in [0.5, 0.6) is 5.75 Å². The SMILES string of the molecule is O=C(c1ccn(COc2ccc([N+](=O)[O-])cc2Cl)n1)N1CCN(Cc2ccc(F)cc2)CC1. The molecule has 0 atom stereocenters. The number of carbonyl (C=O) groups excluding carboxylic acids is 1. The number of halogens is 2. The molecule has 2 heterocycles. The minimum absolute atomic E-state index is 0.00371. The van der Waals surface area contributed by atoms with E-state index < -0.39 is 4.92 Å². The van der Waals surface area contributed by atoms with Crippen molar-refractivity contribution in [2.75, 3.05) is 26.2 Å². The molecule has 0 unspecified atom stereocenters. The molecule has 0 spiro atoms. The lowest BCUT2D eigenvalue weighted by Gasteiger charge is -2.34. The van der Waals surface area contributed by atoms with E-state index in [2.05, 4.69) is 10.00 Å². The van der Waals surface area contributed by atoms with Crippen LogP contribution in [0.15, 0.2) is 54.7 Å². The van der Waals surface area contributed by atoms with E-state index in [1.54, 1.807) is 29.3 Å². The van der Waals surface area contributed by atoms with Crippen LogP contribution in [0.1, 0.15) is 16.1 Å².